The number of carbonyl (C=O) groups is 1. The highest BCUT2D eigenvalue weighted by Gasteiger charge is 2.25. The Bertz CT molecular complexity index is 1000. The number of rotatable bonds is 6. The number of aromatic nitrogens is 2. The van der Waals surface area contributed by atoms with Crippen LogP contribution in [0.3, 0.4) is 0 Å². The summed E-state index contributed by atoms with van der Waals surface area (Å²) in [7, 11) is 0. The average molecular weight is 434 g/mol. The zero-order valence-electron chi connectivity index (χ0n) is 16.1. The summed E-state index contributed by atoms with van der Waals surface area (Å²) < 4.78 is 19.4. The van der Waals surface area contributed by atoms with Gasteiger partial charge in [0.1, 0.15) is 22.8 Å². The van der Waals surface area contributed by atoms with Crippen LogP contribution in [0.2, 0.25) is 5.02 Å². The van der Waals surface area contributed by atoms with Crippen LogP contribution < -0.4 is 5.32 Å². The Labute approximate surface area is 177 Å². The maximum absolute atomic E-state index is 14.3. The van der Waals surface area contributed by atoms with Gasteiger partial charge in [-0.25, -0.2) is 9.37 Å². The number of fused-ring (bicyclic) bond motifs is 1. The minimum absolute atomic E-state index is 0.0736. The summed E-state index contributed by atoms with van der Waals surface area (Å²) in [6, 6.07) is 4.34. The van der Waals surface area contributed by atoms with Crippen molar-refractivity contribution in [3.05, 3.63) is 55.9 Å². The van der Waals surface area contributed by atoms with Gasteiger partial charge in [-0.2, -0.15) is 0 Å². The smallest absolute Gasteiger partial charge is 0.257 e. The molecule has 0 spiro atoms. The number of hydrogen-bond acceptors (Lipinski definition) is 5. The van der Waals surface area contributed by atoms with Crippen molar-refractivity contribution in [2.75, 3.05) is 6.54 Å². The van der Waals surface area contributed by atoms with E-state index in [1.54, 1.807) is 24.3 Å². The lowest BCUT2D eigenvalue weighted by molar-refractivity contribution is 0.0952. The van der Waals surface area contributed by atoms with Gasteiger partial charge in [-0.3, -0.25) is 4.79 Å². The van der Waals surface area contributed by atoms with E-state index in [2.05, 4.69) is 10.5 Å². The quantitative estimate of drug-likeness (QED) is 0.546. The maximum Gasteiger partial charge on any atom is 0.257 e. The Morgan fingerprint density at radius 2 is 2.17 bits per heavy atom. The maximum atomic E-state index is 14.3. The molecular formula is C21H21ClFN3O2S. The molecule has 3 aromatic rings. The van der Waals surface area contributed by atoms with Crippen LogP contribution in [-0.2, 0) is 19.3 Å². The fourth-order valence-electron chi connectivity index (χ4n) is 3.58. The molecule has 4 rings (SSSR count). The van der Waals surface area contributed by atoms with Crippen molar-refractivity contribution < 1.29 is 13.7 Å². The molecule has 0 aliphatic heterocycles. The van der Waals surface area contributed by atoms with Crippen LogP contribution in [0.1, 0.15) is 51.0 Å². The zero-order chi connectivity index (χ0) is 20.4. The minimum Gasteiger partial charge on any atom is -0.360 e. The van der Waals surface area contributed by atoms with E-state index in [1.165, 1.54) is 35.5 Å². The number of hydrogen-bond donors (Lipinski definition) is 1. The van der Waals surface area contributed by atoms with Crippen molar-refractivity contribution in [2.24, 2.45) is 0 Å². The van der Waals surface area contributed by atoms with E-state index in [4.69, 9.17) is 21.1 Å². The van der Waals surface area contributed by atoms with Crippen LogP contribution in [0.15, 0.2) is 22.7 Å². The van der Waals surface area contributed by atoms with Gasteiger partial charge in [0.2, 0.25) is 0 Å². The van der Waals surface area contributed by atoms with Crippen LogP contribution >= 0.6 is 22.9 Å². The van der Waals surface area contributed by atoms with E-state index in [1.807, 2.05) is 0 Å². The Hall–Kier alpha value is -2.25. The number of thiazole rings is 1. The minimum atomic E-state index is -0.549. The first-order valence-electron chi connectivity index (χ1n) is 9.71. The van der Waals surface area contributed by atoms with Crippen molar-refractivity contribution in [1.29, 1.82) is 0 Å². The van der Waals surface area contributed by atoms with E-state index in [0.29, 0.717) is 12.3 Å². The summed E-state index contributed by atoms with van der Waals surface area (Å²) >= 11 is 7.92. The number of nitrogens with one attached hydrogen (secondary N) is 1. The summed E-state index contributed by atoms with van der Waals surface area (Å²) in [5.41, 5.74) is 1.66. The molecule has 2 heterocycles. The predicted molar refractivity (Wildman–Crippen MR) is 111 cm³/mol. The molecule has 8 heteroatoms. The van der Waals surface area contributed by atoms with Gasteiger partial charge in [-0.15, -0.1) is 11.3 Å². The molecule has 152 valence electrons. The van der Waals surface area contributed by atoms with Crippen LogP contribution in [0.5, 0.6) is 0 Å². The van der Waals surface area contributed by atoms with Gasteiger partial charge in [-0.1, -0.05) is 22.8 Å². The highest BCUT2D eigenvalue weighted by Crippen LogP contribution is 2.33. The second-order valence-electron chi connectivity index (χ2n) is 7.10. The Morgan fingerprint density at radius 3 is 2.97 bits per heavy atom. The van der Waals surface area contributed by atoms with Gasteiger partial charge in [-0.05, 0) is 51.2 Å². The third kappa shape index (κ3) is 4.21. The van der Waals surface area contributed by atoms with E-state index < -0.39 is 5.82 Å². The van der Waals surface area contributed by atoms with Crippen molar-refractivity contribution in [2.45, 2.75) is 45.4 Å². The molecule has 0 atom stereocenters. The lowest BCUT2D eigenvalue weighted by Gasteiger charge is -2.07. The summed E-state index contributed by atoms with van der Waals surface area (Å²) in [6.07, 6.45) is 6.29. The predicted octanol–water partition coefficient (Wildman–Crippen LogP) is 5.14. The number of halogens is 2. The molecule has 0 fully saturated rings. The molecule has 0 saturated carbocycles. The molecule has 2 aromatic heterocycles. The van der Waals surface area contributed by atoms with Crippen LogP contribution in [0.25, 0.3) is 11.3 Å². The number of nitrogens with zero attached hydrogens (tertiary/aromatic N) is 2. The van der Waals surface area contributed by atoms with Crippen molar-refractivity contribution in [3.8, 4) is 11.3 Å². The molecule has 5 nitrogen and oxygen atoms in total. The molecule has 1 amide bonds. The number of aryl methyl sites for hydroxylation is 4. The number of amides is 1. The van der Waals surface area contributed by atoms with Gasteiger partial charge in [0.25, 0.3) is 5.91 Å². The molecule has 0 unspecified atom stereocenters. The Kier molecular flexibility index (Phi) is 5.96. The van der Waals surface area contributed by atoms with E-state index in [-0.39, 0.29) is 27.8 Å². The second kappa shape index (κ2) is 8.63. The second-order valence-corrected chi connectivity index (χ2v) is 8.68. The first-order chi connectivity index (χ1) is 14.0. The highest BCUT2D eigenvalue weighted by molar-refractivity contribution is 7.11. The van der Waals surface area contributed by atoms with Gasteiger partial charge in [0.05, 0.1) is 21.3 Å². The normalized spacial score (nSPS) is 13.3. The Balaban J connectivity index is 1.40. The largest absolute Gasteiger partial charge is 0.360 e. The van der Waals surface area contributed by atoms with E-state index in [0.717, 1.165) is 30.7 Å². The van der Waals surface area contributed by atoms with Crippen LogP contribution in [0.4, 0.5) is 4.39 Å². The van der Waals surface area contributed by atoms with Gasteiger partial charge in [0.15, 0.2) is 0 Å². The van der Waals surface area contributed by atoms with E-state index in [9.17, 15) is 9.18 Å². The topological polar surface area (TPSA) is 68.0 Å². The molecule has 1 aromatic carbocycles. The summed E-state index contributed by atoms with van der Waals surface area (Å²) in [4.78, 5) is 18.9. The monoisotopic (exact) mass is 433 g/mol. The molecule has 0 radical (unpaired) electrons. The molecule has 1 aliphatic rings. The number of benzene rings is 1. The van der Waals surface area contributed by atoms with Gasteiger partial charge >= 0.3 is 0 Å². The molecular weight excluding hydrogens is 413 g/mol. The zero-order valence-corrected chi connectivity index (χ0v) is 17.6. The molecule has 1 aliphatic carbocycles. The van der Waals surface area contributed by atoms with Crippen molar-refractivity contribution in [1.82, 2.24) is 15.5 Å². The molecule has 1 N–H and O–H groups in total. The third-order valence-electron chi connectivity index (χ3n) is 5.03. The van der Waals surface area contributed by atoms with Crippen LogP contribution in [-0.4, -0.2) is 22.6 Å². The first-order valence-corrected chi connectivity index (χ1v) is 10.9. The summed E-state index contributed by atoms with van der Waals surface area (Å²) in [5.74, 6) is -0.575. The third-order valence-corrected chi connectivity index (χ3v) is 6.56. The molecule has 29 heavy (non-hydrogen) atoms. The van der Waals surface area contributed by atoms with Crippen LogP contribution in [0, 0.1) is 12.7 Å². The fraction of sp³-hybridized carbons (Fsp3) is 0.381. The van der Waals surface area contributed by atoms with Crippen molar-refractivity contribution >= 4 is 28.8 Å². The molecule has 0 saturated heterocycles. The van der Waals surface area contributed by atoms with E-state index >= 15 is 0 Å². The van der Waals surface area contributed by atoms with Gasteiger partial charge < -0.3 is 9.84 Å². The highest BCUT2D eigenvalue weighted by atomic mass is 35.5. The number of carbonyl (C=O) groups excluding carboxylic acids is 1. The SMILES string of the molecule is Cc1onc(-c2c(F)cccc2Cl)c1C(=O)NCCCc1nc2c(s1)CCCC2. The van der Waals surface area contributed by atoms with Gasteiger partial charge in [0, 0.05) is 17.8 Å². The standard InChI is InChI=1S/C21H21ClFN3O2S/c1-12-18(20(26-28-12)19-13(22)6-4-7-14(19)23)21(27)24-11-5-10-17-25-15-8-2-3-9-16(15)29-17/h4,6-7H,2-3,5,8-11H2,1H3,(H,24,27). The summed E-state index contributed by atoms with van der Waals surface area (Å²) in [5, 5.41) is 8.06. The Morgan fingerprint density at radius 1 is 1.34 bits per heavy atom. The summed E-state index contributed by atoms with van der Waals surface area (Å²) in [6.45, 7) is 2.11. The molecule has 0 bridgehead atoms. The lowest BCUT2D eigenvalue weighted by Crippen LogP contribution is -2.25. The van der Waals surface area contributed by atoms with Crippen molar-refractivity contribution in [3.63, 3.8) is 0 Å². The fourth-order valence-corrected chi connectivity index (χ4v) is 5.03. The average Bonchev–Trinajstić information content (AvgIpc) is 3.28. The lowest BCUT2D eigenvalue weighted by atomic mass is 10.0. The first kappa shape index (κ1) is 20.0.